The van der Waals surface area contributed by atoms with Gasteiger partial charge in [0.1, 0.15) is 5.75 Å². The molecule has 0 aliphatic carbocycles. The van der Waals surface area contributed by atoms with Gasteiger partial charge in [-0.25, -0.2) is 0 Å². The molecule has 168 valence electrons. The Bertz CT molecular complexity index is 907. The highest BCUT2D eigenvalue weighted by atomic mass is 127. The number of hydrogen-bond acceptors (Lipinski definition) is 5. The van der Waals surface area contributed by atoms with E-state index in [0.29, 0.717) is 30.5 Å². The molecule has 0 fully saturated rings. The zero-order chi connectivity index (χ0) is 21.3. The molecule has 0 unspecified atom stereocenters. The predicted molar refractivity (Wildman–Crippen MR) is 133 cm³/mol. The molecule has 0 saturated heterocycles. The third kappa shape index (κ3) is 6.39. The largest absolute Gasteiger partial charge is 0.493 e. The maximum atomic E-state index is 12.3. The first-order valence-electron chi connectivity index (χ1n) is 9.95. The molecule has 31 heavy (non-hydrogen) atoms. The minimum atomic E-state index is -0.0342. The van der Waals surface area contributed by atoms with E-state index < -0.39 is 0 Å². The number of halogens is 1. The number of para-hydroxylation sites is 2. The number of ether oxygens (including phenoxy) is 3. The second-order valence-electron chi connectivity index (χ2n) is 6.61. The molecule has 0 atom stereocenters. The van der Waals surface area contributed by atoms with Crippen molar-refractivity contribution in [2.75, 3.05) is 50.7 Å². The van der Waals surface area contributed by atoms with Crippen LogP contribution in [-0.4, -0.2) is 52.3 Å². The van der Waals surface area contributed by atoms with Gasteiger partial charge in [-0.3, -0.25) is 9.79 Å². The molecule has 2 N–H and O–H groups in total. The first-order valence-corrected chi connectivity index (χ1v) is 9.95. The lowest BCUT2D eigenvalue weighted by Crippen LogP contribution is -2.39. The Labute approximate surface area is 200 Å². The number of rotatable bonds is 8. The quantitative estimate of drug-likeness (QED) is 0.231. The molecule has 0 spiro atoms. The van der Waals surface area contributed by atoms with Crippen LogP contribution in [0.4, 0.5) is 11.4 Å². The molecule has 0 saturated carbocycles. The van der Waals surface area contributed by atoms with E-state index in [0.717, 1.165) is 30.1 Å². The summed E-state index contributed by atoms with van der Waals surface area (Å²) >= 11 is 0. The Morgan fingerprint density at radius 2 is 1.94 bits per heavy atom. The summed E-state index contributed by atoms with van der Waals surface area (Å²) in [6.45, 7) is 3.96. The second kappa shape index (κ2) is 12.2. The van der Waals surface area contributed by atoms with Crippen molar-refractivity contribution in [1.82, 2.24) is 5.32 Å². The number of nitrogens with zero attached hydrogens (tertiary/aromatic N) is 2. The van der Waals surface area contributed by atoms with Crippen LogP contribution in [-0.2, 0) is 4.79 Å². The highest BCUT2D eigenvalue weighted by molar-refractivity contribution is 14.0. The summed E-state index contributed by atoms with van der Waals surface area (Å²) in [5.41, 5.74) is 1.65. The lowest BCUT2D eigenvalue weighted by atomic mass is 10.2. The molecule has 1 aliphatic heterocycles. The molecular formula is C22H29IN4O4. The first-order chi connectivity index (χ1) is 14.7. The van der Waals surface area contributed by atoms with Gasteiger partial charge in [-0.2, -0.15) is 0 Å². The average molecular weight is 540 g/mol. The summed E-state index contributed by atoms with van der Waals surface area (Å²) in [5.74, 6) is 2.68. The number of nitrogens with one attached hydrogen (secondary N) is 2. The number of methoxy groups -OCH3 is 2. The molecule has 2 aromatic rings. The monoisotopic (exact) mass is 540 g/mol. The SMILES string of the molecule is CCNC(=NCCCN1C(=O)COc2ccccc21)Nc1ccc(OC)c(OC)c1.I. The zero-order valence-electron chi connectivity index (χ0n) is 18.0. The van der Waals surface area contributed by atoms with Crippen LogP contribution in [0.25, 0.3) is 0 Å². The maximum absolute atomic E-state index is 12.3. The van der Waals surface area contributed by atoms with Crippen LogP contribution in [0.5, 0.6) is 17.2 Å². The van der Waals surface area contributed by atoms with Crippen molar-refractivity contribution >= 4 is 47.2 Å². The molecule has 8 nitrogen and oxygen atoms in total. The van der Waals surface area contributed by atoms with E-state index in [9.17, 15) is 4.79 Å². The number of anilines is 2. The first kappa shape index (κ1) is 24.6. The van der Waals surface area contributed by atoms with Crippen LogP contribution in [0.1, 0.15) is 13.3 Å². The molecule has 0 bridgehead atoms. The number of carbonyl (C=O) groups excluding carboxylic acids is 1. The molecule has 1 amide bonds. The van der Waals surface area contributed by atoms with Crippen LogP contribution in [0.2, 0.25) is 0 Å². The molecule has 0 radical (unpaired) electrons. The van der Waals surface area contributed by atoms with E-state index in [-0.39, 0.29) is 36.5 Å². The minimum Gasteiger partial charge on any atom is -0.493 e. The van der Waals surface area contributed by atoms with E-state index in [1.807, 2.05) is 49.4 Å². The van der Waals surface area contributed by atoms with Crippen LogP contribution in [0.15, 0.2) is 47.5 Å². The van der Waals surface area contributed by atoms with Gasteiger partial charge in [-0.05, 0) is 37.6 Å². The Hall–Kier alpha value is -2.69. The number of hydrogen-bond donors (Lipinski definition) is 2. The van der Waals surface area contributed by atoms with Gasteiger partial charge >= 0.3 is 0 Å². The smallest absolute Gasteiger partial charge is 0.265 e. The van der Waals surface area contributed by atoms with E-state index in [2.05, 4.69) is 15.6 Å². The molecule has 1 heterocycles. The van der Waals surface area contributed by atoms with Crippen LogP contribution in [0, 0.1) is 0 Å². The number of fused-ring (bicyclic) bond motifs is 1. The Balaban J connectivity index is 0.00000341. The van der Waals surface area contributed by atoms with Crippen molar-refractivity contribution in [2.45, 2.75) is 13.3 Å². The van der Waals surface area contributed by atoms with Crippen molar-refractivity contribution in [3.8, 4) is 17.2 Å². The van der Waals surface area contributed by atoms with E-state index >= 15 is 0 Å². The van der Waals surface area contributed by atoms with Crippen molar-refractivity contribution in [1.29, 1.82) is 0 Å². The third-order valence-electron chi connectivity index (χ3n) is 4.61. The van der Waals surface area contributed by atoms with Gasteiger partial charge in [0.25, 0.3) is 5.91 Å². The number of amides is 1. The van der Waals surface area contributed by atoms with Gasteiger partial charge in [0.2, 0.25) is 0 Å². The fourth-order valence-corrected chi connectivity index (χ4v) is 3.18. The molecule has 9 heteroatoms. The van der Waals surface area contributed by atoms with Gasteiger partial charge in [0, 0.05) is 31.4 Å². The van der Waals surface area contributed by atoms with Crippen molar-refractivity contribution in [3.63, 3.8) is 0 Å². The minimum absolute atomic E-state index is 0. The highest BCUT2D eigenvalue weighted by Crippen LogP contribution is 2.31. The van der Waals surface area contributed by atoms with Gasteiger partial charge in [0.05, 0.1) is 19.9 Å². The van der Waals surface area contributed by atoms with Crippen LogP contribution < -0.4 is 29.7 Å². The summed E-state index contributed by atoms with van der Waals surface area (Å²) in [5, 5.41) is 6.50. The van der Waals surface area contributed by atoms with Gasteiger partial charge in [-0.15, -0.1) is 24.0 Å². The van der Waals surface area contributed by atoms with E-state index in [1.54, 1.807) is 19.1 Å². The fraction of sp³-hybridized carbons (Fsp3) is 0.364. The molecule has 2 aromatic carbocycles. The number of aliphatic imine (C=N–C) groups is 1. The topological polar surface area (TPSA) is 84.4 Å². The molecule has 0 aromatic heterocycles. The lowest BCUT2D eigenvalue weighted by Gasteiger charge is -2.29. The van der Waals surface area contributed by atoms with Crippen molar-refractivity contribution < 1.29 is 19.0 Å². The molecule has 3 rings (SSSR count). The standard InChI is InChI=1S/C22H28N4O4.HI/c1-4-23-22(25-16-10-11-19(28-2)20(14-16)29-3)24-12-7-13-26-17-8-5-6-9-18(17)30-15-21(26)27;/h5-6,8-11,14H,4,7,12-13,15H2,1-3H3,(H2,23,24,25);1H. The van der Waals surface area contributed by atoms with Gasteiger partial charge in [-0.1, -0.05) is 12.1 Å². The van der Waals surface area contributed by atoms with Crippen molar-refractivity contribution in [2.24, 2.45) is 4.99 Å². The predicted octanol–water partition coefficient (Wildman–Crippen LogP) is 3.51. The summed E-state index contributed by atoms with van der Waals surface area (Å²) in [7, 11) is 3.21. The van der Waals surface area contributed by atoms with Gasteiger partial charge < -0.3 is 29.7 Å². The third-order valence-corrected chi connectivity index (χ3v) is 4.61. The molecule has 1 aliphatic rings. The zero-order valence-corrected chi connectivity index (χ0v) is 20.3. The van der Waals surface area contributed by atoms with E-state index in [4.69, 9.17) is 14.2 Å². The number of carbonyl (C=O) groups is 1. The molecular weight excluding hydrogens is 511 g/mol. The fourth-order valence-electron chi connectivity index (χ4n) is 3.18. The summed E-state index contributed by atoms with van der Waals surface area (Å²) in [6, 6.07) is 13.2. The highest BCUT2D eigenvalue weighted by Gasteiger charge is 2.24. The maximum Gasteiger partial charge on any atom is 0.265 e. The summed E-state index contributed by atoms with van der Waals surface area (Å²) < 4.78 is 16.1. The number of guanidine groups is 1. The Morgan fingerprint density at radius 1 is 1.16 bits per heavy atom. The lowest BCUT2D eigenvalue weighted by molar-refractivity contribution is -0.121. The van der Waals surface area contributed by atoms with Crippen LogP contribution >= 0.6 is 24.0 Å². The van der Waals surface area contributed by atoms with Crippen molar-refractivity contribution in [3.05, 3.63) is 42.5 Å². The van der Waals surface area contributed by atoms with Crippen LogP contribution in [0.3, 0.4) is 0 Å². The summed E-state index contributed by atoms with van der Waals surface area (Å²) in [4.78, 5) is 18.7. The second-order valence-corrected chi connectivity index (χ2v) is 6.61. The van der Waals surface area contributed by atoms with Gasteiger partial charge in [0.15, 0.2) is 24.1 Å². The Morgan fingerprint density at radius 3 is 2.68 bits per heavy atom. The average Bonchev–Trinajstić information content (AvgIpc) is 2.77. The number of benzene rings is 2. The Kier molecular flexibility index (Phi) is 9.70. The normalized spacial score (nSPS) is 12.9. The summed E-state index contributed by atoms with van der Waals surface area (Å²) in [6.07, 6.45) is 0.725. The van der Waals surface area contributed by atoms with E-state index in [1.165, 1.54) is 0 Å².